The van der Waals surface area contributed by atoms with Crippen LogP contribution in [0.2, 0.25) is 0 Å². The Balaban J connectivity index is 1.18. The van der Waals surface area contributed by atoms with Gasteiger partial charge in [0, 0.05) is 42.9 Å². The lowest BCUT2D eigenvalue weighted by Crippen LogP contribution is -2.49. The van der Waals surface area contributed by atoms with E-state index in [0.29, 0.717) is 24.2 Å². The molecule has 0 bridgehead atoms. The van der Waals surface area contributed by atoms with E-state index in [2.05, 4.69) is 14.5 Å². The molecular weight excluding hydrogens is 524 g/mol. The molecule has 40 heavy (non-hydrogen) atoms. The van der Waals surface area contributed by atoms with E-state index in [-0.39, 0.29) is 27.8 Å². The molecule has 2 heterocycles. The van der Waals surface area contributed by atoms with Gasteiger partial charge in [-0.25, -0.2) is 8.42 Å². The molecule has 0 unspecified atom stereocenters. The van der Waals surface area contributed by atoms with E-state index in [9.17, 15) is 18.0 Å². The molecule has 2 saturated heterocycles. The van der Waals surface area contributed by atoms with Crippen molar-refractivity contribution in [3.8, 4) is 0 Å². The van der Waals surface area contributed by atoms with Gasteiger partial charge in [0.25, 0.3) is 15.9 Å². The highest BCUT2D eigenvalue weighted by Crippen LogP contribution is 2.23. The van der Waals surface area contributed by atoms with Gasteiger partial charge in [-0.2, -0.15) is 0 Å². The van der Waals surface area contributed by atoms with Crippen molar-refractivity contribution in [2.75, 3.05) is 57.1 Å². The minimum absolute atomic E-state index is 0.0221. The third-order valence-electron chi connectivity index (χ3n) is 7.67. The van der Waals surface area contributed by atoms with Crippen LogP contribution in [-0.4, -0.2) is 87.2 Å². The zero-order valence-corrected chi connectivity index (χ0v) is 23.5. The molecule has 2 aliphatic heterocycles. The van der Waals surface area contributed by atoms with Gasteiger partial charge in [0.15, 0.2) is 5.78 Å². The van der Waals surface area contributed by atoms with Gasteiger partial charge < -0.3 is 9.80 Å². The summed E-state index contributed by atoms with van der Waals surface area (Å²) < 4.78 is 28.9. The largest absolute Gasteiger partial charge is 0.336 e. The quantitative estimate of drug-likeness (QED) is 0.378. The Kier molecular flexibility index (Phi) is 8.94. The SMILES string of the molecule is O=C(c1ccccc1)c1ccccc1NS(=O)(=O)c1ccc(C(=O)N2CCN(CCCN3CCCC3)CC2)cc1. The van der Waals surface area contributed by atoms with Crippen LogP contribution in [0.1, 0.15) is 45.5 Å². The van der Waals surface area contributed by atoms with E-state index in [1.54, 1.807) is 60.7 Å². The van der Waals surface area contributed by atoms with E-state index in [4.69, 9.17) is 0 Å². The maximum absolute atomic E-state index is 13.2. The summed E-state index contributed by atoms with van der Waals surface area (Å²) in [5.74, 6) is -0.362. The van der Waals surface area contributed by atoms with Crippen molar-refractivity contribution in [2.45, 2.75) is 24.2 Å². The number of nitrogens with zero attached hydrogens (tertiary/aromatic N) is 3. The number of sulfonamides is 1. The fourth-order valence-electron chi connectivity index (χ4n) is 5.38. The van der Waals surface area contributed by atoms with Crippen molar-refractivity contribution >= 4 is 27.4 Å². The van der Waals surface area contributed by atoms with E-state index in [1.807, 2.05) is 11.0 Å². The number of carbonyl (C=O) groups is 2. The predicted octanol–water partition coefficient (Wildman–Crippen LogP) is 3.96. The van der Waals surface area contributed by atoms with Crippen LogP contribution < -0.4 is 4.72 Å². The lowest BCUT2D eigenvalue weighted by Gasteiger charge is -2.35. The minimum Gasteiger partial charge on any atom is -0.336 e. The molecule has 0 atom stereocenters. The summed E-state index contributed by atoms with van der Waals surface area (Å²) in [7, 11) is -3.98. The summed E-state index contributed by atoms with van der Waals surface area (Å²) in [6.45, 7) is 7.68. The fourth-order valence-corrected chi connectivity index (χ4v) is 6.46. The molecule has 0 aliphatic carbocycles. The van der Waals surface area contributed by atoms with Crippen molar-refractivity contribution in [3.05, 3.63) is 95.6 Å². The second kappa shape index (κ2) is 12.8. The molecule has 0 spiro atoms. The number of anilines is 1. The first-order chi connectivity index (χ1) is 19.4. The highest BCUT2D eigenvalue weighted by atomic mass is 32.2. The number of benzene rings is 3. The van der Waals surface area contributed by atoms with E-state index >= 15 is 0 Å². The molecule has 1 N–H and O–H groups in total. The number of para-hydroxylation sites is 1. The molecule has 0 radical (unpaired) electrons. The monoisotopic (exact) mass is 560 g/mol. The van der Waals surface area contributed by atoms with Gasteiger partial charge in [0.05, 0.1) is 10.6 Å². The highest BCUT2D eigenvalue weighted by Gasteiger charge is 2.24. The number of nitrogens with one attached hydrogen (secondary N) is 1. The van der Waals surface area contributed by atoms with Crippen molar-refractivity contribution < 1.29 is 18.0 Å². The second-order valence-corrected chi connectivity index (χ2v) is 12.1. The normalized spacial score (nSPS) is 16.6. The summed E-state index contributed by atoms with van der Waals surface area (Å²) in [5.41, 5.74) is 1.40. The van der Waals surface area contributed by atoms with Crippen LogP contribution in [0.4, 0.5) is 5.69 Å². The molecule has 1 amide bonds. The van der Waals surface area contributed by atoms with Gasteiger partial charge in [-0.1, -0.05) is 42.5 Å². The van der Waals surface area contributed by atoms with Crippen LogP contribution in [-0.2, 0) is 10.0 Å². The lowest BCUT2D eigenvalue weighted by molar-refractivity contribution is 0.0632. The second-order valence-electron chi connectivity index (χ2n) is 10.4. The topological polar surface area (TPSA) is 90.0 Å². The van der Waals surface area contributed by atoms with Crippen LogP contribution in [0.25, 0.3) is 0 Å². The van der Waals surface area contributed by atoms with Crippen LogP contribution in [0.5, 0.6) is 0 Å². The summed E-state index contributed by atoms with van der Waals surface area (Å²) >= 11 is 0. The van der Waals surface area contributed by atoms with Crippen molar-refractivity contribution in [1.82, 2.24) is 14.7 Å². The fraction of sp³-hybridized carbons (Fsp3) is 0.355. The summed E-state index contributed by atoms with van der Waals surface area (Å²) in [6, 6.07) is 21.3. The average molecular weight is 561 g/mol. The Labute approximate surface area is 236 Å². The van der Waals surface area contributed by atoms with Crippen LogP contribution in [0, 0.1) is 0 Å². The van der Waals surface area contributed by atoms with Crippen molar-refractivity contribution in [3.63, 3.8) is 0 Å². The summed E-state index contributed by atoms with van der Waals surface area (Å²) in [5, 5.41) is 0. The Morgan fingerprint density at radius 2 is 1.27 bits per heavy atom. The molecule has 3 aromatic rings. The number of piperazine rings is 1. The molecular formula is C31H36N4O4S. The van der Waals surface area contributed by atoms with Crippen LogP contribution in [0.15, 0.2) is 83.8 Å². The van der Waals surface area contributed by atoms with E-state index in [1.165, 1.54) is 38.1 Å². The zero-order valence-electron chi connectivity index (χ0n) is 22.7. The maximum Gasteiger partial charge on any atom is 0.261 e. The maximum atomic E-state index is 13.2. The first-order valence-electron chi connectivity index (χ1n) is 14.0. The first-order valence-corrected chi connectivity index (χ1v) is 15.4. The molecule has 210 valence electrons. The number of rotatable bonds is 10. The Bertz CT molecular complexity index is 1410. The number of hydrogen-bond donors (Lipinski definition) is 1. The van der Waals surface area contributed by atoms with Crippen molar-refractivity contribution in [1.29, 1.82) is 0 Å². The van der Waals surface area contributed by atoms with Gasteiger partial charge in [-0.3, -0.25) is 19.2 Å². The molecule has 2 aliphatic rings. The number of likely N-dealkylation sites (tertiary alicyclic amines) is 1. The molecule has 9 heteroatoms. The van der Waals surface area contributed by atoms with Gasteiger partial charge in [-0.05, 0) is 81.8 Å². The molecule has 3 aromatic carbocycles. The Morgan fingerprint density at radius 1 is 0.675 bits per heavy atom. The highest BCUT2D eigenvalue weighted by molar-refractivity contribution is 7.92. The minimum atomic E-state index is -3.98. The molecule has 8 nitrogen and oxygen atoms in total. The number of carbonyl (C=O) groups excluding carboxylic acids is 2. The zero-order chi connectivity index (χ0) is 28.0. The Hall–Kier alpha value is -3.53. The number of hydrogen-bond acceptors (Lipinski definition) is 6. The molecule has 0 aromatic heterocycles. The number of amides is 1. The van der Waals surface area contributed by atoms with E-state index < -0.39 is 10.0 Å². The van der Waals surface area contributed by atoms with Gasteiger partial charge in [0.2, 0.25) is 0 Å². The smallest absolute Gasteiger partial charge is 0.261 e. The predicted molar refractivity (Wildman–Crippen MR) is 156 cm³/mol. The van der Waals surface area contributed by atoms with Crippen LogP contribution >= 0.6 is 0 Å². The van der Waals surface area contributed by atoms with E-state index in [0.717, 1.165) is 32.6 Å². The summed E-state index contributed by atoms with van der Waals surface area (Å²) in [6.07, 6.45) is 3.78. The number of ketones is 1. The third kappa shape index (κ3) is 6.78. The molecule has 5 rings (SSSR count). The van der Waals surface area contributed by atoms with Gasteiger partial charge in [0.1, 0.15) is 0 Å². The third-order valence-corrected chi connectivity index (χ3v) is 9.05. The molecule has 0 saturated carbocycles. The standard InChI is InChI=1S/C31H36N4O4S/c36-30(25-9-2-1-3-10-25)28-11-4-5-12-29(28)32-40(38,39)27-15-13-26(14-16-27)31(37)35-23-21-34(22-24-35)20-8-19-33-17-6-7-18-33/h1-5,9-16,32H,6-8,17-24H2. The first kappa shape index (κ1) is 28.0. The van der Waals surface area contributed by atoms with Gasteiger partial charge in [-0.15, -0.1) is 0 Å². The molecule has 2 fully saturated rings. The Morgan fingerprint density at radius 3 is 1.95 bits per heavy atom. The van der Waals surface area contributed by atoms with Crippen LogP contribution in [0.3, 0.4) is 0 Å². The summed E-state index contributed by atoms with van der Waals surface area (Å²) in [4.78, 5) is 32.9. The van der Waals surface area contributed by atoms with Gasteiger partial charge >= 0.3 is 0 Å². The lowest BCUT2D eigenvalue weighted by atomic mass is 10.0. The van der Waals surface area contributed by atoms with Crippen molar-refractivity contribution in [2.24, 2.45) is 0 Å². The average Bonchev–Trinajstić information content (AvgIpc) is 3.51.